The molecule has 6 heteroatoms. The molecule has 0 aliphatic carbocycles. The van der Waals surface area contributed by atoms with Crippen molar-refractivity contribution in [1.82, 2.24) is 14.9 Å². The molecule has 0 radical (unpaired) electrons. The monoisotopic (exact) mass is 193 g/mol. The van der Waals surface area contributed by atoms with Crippen LogP contribution in [0.3, 0.4) is 0 Å². The van der Waals surface area contributed by atoms with E-state index in [4.69, 9.17) is 0 Å². The minimum absolute atomic E-state index is 0.168. The van der Waals surface area contributed by atoms with Gasteiger partial charge in [0.1, 0.15) is 6.33 Å². The molecule has 0 amide bonds. The van der Waals surface area contributed by atoms with Crippen LogP contribution in [0, 0.1) is 0 Å². The van der Waals surface area contributed by atoms with Crippen LogP contribution in [0.15, 0.2) is 12.5 Å². The van der Waals surface area contributed by atoms with E-state index in [9.17, 15) is 13.2 Å². The molecule has 0 bridgehead atoms. The number of alkyl halides is 3. The second-order valence-corrected chi connectivity index (χ2v) is 2.58. The zero-order valence-electron chi connectivity index (χ0n) is 7.10. The Morgan fingerprint density at radius 3 is 2.77 bits per heavy atom. The largest absolute Gasteiger partial charge is 0.489 e. The first kappa shape index (κ1) is 10.0. The molecular weight excluding hydrogens is 183 g/mol. The van der Waals surface area contributed by atoms with Crippen molar-refractivity contribution in [3.63, 3.8) is 0 Å². The molecule has 1 N–H and O–H groups in total. The molecule has 0 aliphatic heterocycles. The average Bonchev–Trinajstić information content (AvgIpc) is 2.47. The maximum absolute atomic E-state index is 12.2. The second-order valence-electron chi connectivity index (χ2n) is 2.58. The summed E-state index contributed by atoms with van der Waals surface area (Å²) in [6.45, 7) is 0.502. The lowest BCUT2D eigenvalue weighted by Crippen LogP contribution is -2.20. The fraction of sp³-hybridized carbons (Fsp3) is 0.571. The summed E-state index contributed by atoms with van der Waals surface area (Å²) in [6.07, 6.45) is -2.04. The molecule has 1 aromatic rings. The van der Waals surface area contributed by atoms with E-state index >= 15 is 0 Å². The van der Waals surface area contributed by atoms with Crippen molar-refractivity contribution >= 4 is 0 Å². The summed E-state index contributed by atoms with van der Waals surface area (Å²) in [5.41, 5.74) is 0.168. The summed E-state index contributed by atoms with van der Waals surface area (Å²) in [5, 5.41) is 2.78. The topological polar surface area (TPSA) is 29.9 Å². The van der Waals surface area contributed by atoms with E-state index in [1.165, 1.54) is 6.20 Å². The van der Waals surface area contributed by atoms with E-state index < -0.39 is 6.30 Å². The number of halogens is 3. The zero-order chi connectivity index (χ0) is 9.90. The first-order chi connectivity index (χ1) is 6.05. The van der Waals surface area contributed by atoms with Gasteiger partial charge in [0, 0.05) is 24.9 Å². The van der Waals surface area contributed by atoms with E-state index in [1.54, 1.807) is 7.05 Å². The lowest BCUT2D eigenvalue weighted by Gasteiger charge is -2.10. The van der Waals surface area contributed by atoms with Gasteiger partial charge in [-0.05, 0) is 7.05 Å². The summed E-state index contributed by atoms with van der Waals surface area (Å²) in [5.74, 6) is 0. The molecule has 0 aliphatic rings. The highest BCUT2D eigenvalue weighted by atomic mass is 19.4. The number of aromatic nitrogens is 2. The smallest absolute Gasteiger partial charge is 0.319 e. The van der Waals surface area contributed by atoms with Crippen molar-refractivity contribution in [2.45, 2.75) is 12.7 Å². The van der Waals surface area contributed by atoms with Crippen LogP contribution in [0.2, 0.25) is 0 Å². The normalized spacial score (nSPS) is 12.0. The highest BCUT2D eigenvalue weighted by Crippen LogP contribution is 2.23. The van der Waals surface area contributed by atoms with E-state index in [1.807, 2.05) is 0 Å². The molecule has 0 fully saturated rings. The van der Waals surface area contributed by atoms with Crippen LogP contribution >= 0.6 is 0 Å². The number of nitrogens with one attached hydrogen (secondary N) is 1. The minimum Gasteiger partial charge on any atom is -0.319 e. The van der Waals surface area contributed by atoms with Gasteiger partial charge in [-0.15, -0.1) is 13.2 Å². The lowest BCUT2D eigenvalue weighted by atomic mass is 10.3. The van der Waals surface area contributed by atoms with Gasteiger partial charge in [0.25, 0.3) is 0 Å². The molecule has 3 nitrogen and oxygen atoms in total. The fourth-order valence-electron chi connectivity index (χ4n) is 0.989. The fourth-order valence-corrected chi connectivity index (χ4v) is 0.989. The average molecular weight is 193 g/mol. The summed E-state index contributed by atoms with van der Waals surface area (Å²) < 4.78 is 36.9. The standard InChI is InChI=1S/C7H10F3N3/c1-11-3-2-6-4-12-5-13(6)7(8,9)10/h4-5,11H,2-3H2,1H3. The highest BCUT2D eigenvalue weighted by molar-refractivity contribution is 5.00. The van der Waals surface area contributed by atoms with Crippen LogP contribution in [-0.4, -0.2) is 23.1 Å². The molecular formula is C7H10F3N3. The number of hydrogen-bond donors (Lipinski definition) is 1. The number of rotatable bonds is 3. The van der Waals surface area contributed by atoms with Crippen molar-refractivity contribution in [3.05, 3.63) is 18.2 Å². The third-order valence-corrected chi connectivity index (χ3v) is 1.62. The summed E-state index contributed by atoms with van der Waals surface area (Å²) in [6, 6.07) is 0. The predicted molar refractivity (Wildman–Crippen MR) is 41.2 cm³/mol. The summed E-state index contributed by atoms with van der Waals surface area (Å²) in [7, 11) is 1.69. The van der Waals surface area contributed by atoms with Gasteiger partial charge >= 0.3 is 6.30 Å². The summed E-state index contributed by atoms with van der Waals surface area (Å²) in [4.78, 5) is 3.46. The molecule has 13 heavy (non-hydrogen) atoms. The Kier molecular flexibility index (Phi) is 2.92. The van der Waals surface area contributed by atoms with Gasteiger partial charge in [0.2, 0.25) is 0 Å². The molecule has 0 spiro atoms. The van der Waals surface area contributed by atoms with Crippen LogP contribution in [0.25, 0.3) is 0 Å². The lowest BCUT2D eigenvalue weighted by molar-refractivity contribution is -0.205. The molecule has 74 valence electrons. The van der Waals surface area contributed by atoms with E-state index in [-0.39, 0.29) is 10.3 Å². The third-order valence-electron chi connectivity index (χ3n) is 1.62. The van der Waals surface area contributed by atoms with E-state index in [2.05, 4.69) is 10.3 Å². The van der Waals surface area contributed by atoms with Gasteiger partial charge in [-0.25, -0.2) is 9.55 Å². The SMILES string of the molecule is CNCCc1cncn1C(F)(F)F. The molecule has 1 rings (SSSR count). The third kappa shape index (κ3) is 2.45. The van der Waals surface area contributed by atoms with Crippen LogP contribution < -0.4 is 5.32 Å². The molecule has 0 unspecified atom stereocenters. The number of nitrogens with zero attached hydrogens (tertiary/aromatic N) is 2. The number of imidazole rings is 1. The predicted octanol–water partition coefficient (Wildman–Crippen LogP) is 1.12. The van der Waals surface area contributed by atoms with Gasteiger partial charge in [0.05, 0.1) is 0 Å². The maximum Gasteiger partial charge on any atom is 0.489 e. The molecule has 0 aromatic carbocycles. The molecule has 1 aromatic heterocycles. The molecule has 0 atom stereocenters. The van der Waals surface area contributed by atoms with Crippen LogP contribution in [0.5, 0.6) is 0 Å². The quantitative estimate of drug-likeness (QED) is 0.779. The summed E-state index contributed by atoms with van der Waals surface area (Å²) >= 11 is 0. The number of hydrogen-bond acceptors (Lipinski definition) is 2. The first-order valence-corrected chi connectivity index (χ1v) is 3.78. The Morgan fingerprint density at radius 1 is 1.54 bits per heavy atom. The van der Waals surface area contributed by atoms with Crippen molar-refractivity contribution < 1.29 is 13.2 Å². The Bertz CT molecular complexity index is 266. The Hall–Kier alpha value is -1.04. The second kappa shape index (κ2) is 3.78. The van der Waals surface area contributed by atoms with Gasteiger partial charge in [-0.1, -0.05) is 0 Å². The Morgan fingerprint density at radius 2 is 2.23 bits per heavy atom. The van der Waals surface area contributed by atoms with Gasteiger partial charge in [-0.2, -0.15) is 0 Å². The van der Waals surface area contributed by atoms with E-state index in [0.29, 0.717) is 13.0 Å². The molecule has 0 saturated heterocycles. The maximum atomic E-state index is 12.2. The van der Waals surface area contributed by atoms with Gasteiger partial charge in [0.15, 0.2) is 0 Å². The van der Waals surface area contributed by atoms with Crippen LogP contribution in [-0.2, 0) is 12.7 Å². The molecule has 0 saturated carbocycles. The first-order valence-electron chi connectivity index (χ1n) is 3.78. The Labute approximate surface area is 73.6 Å². The number of likely N-dealkylation sites (N-methyl/N-ethyl adjacent to an activating group) is 1. The van der Waals surface area contributed by atoms with E-state index in [0.717, 1.165) is 6.33 Å². The van der Waals surface area contributed by atoms with Crippen molar-refractivity contribution in [2.75, 3.05) is 13.6 Å². The zero-order valence-corrected chi connectivity index (χ0v) is 7.10. The Balaban J connectivity index is 2.77. The van der Waals surface area contributed by atoms with Gasteiger partial charge < -0.3 is 5.32 Å². The minimum atomic E-state index is -4.36. The van der Waals surface area contributed by atoms with Crippen molar-refractivity contribution in [3.8, 4) is 0 Å². The van der Waals surface area contributed by atoms with Crippen LogP contribution in [0.4, 0.5) is 13.2 Å². The highest BCUT2D eigenvalue weighted by Gasteiger charge is 2.32. The van der Waals surface area contributed by atoms with Crippen molar-refractivity contribution in [1.29, 1.82) is 0 Å². The van der Waals surface area contributed by atoms with Crippen LogP contribution in [0.1, 0.15) is 5.69 Å². The van der Waals surface area contributed by atoms with Crippen molar-refractivity contribution in [2.24, 2.45) is 0 Å². The van der Waals surface area contributed by atoms with Gasteiger partial charge in [-0.3, -0.25) is 0 Å². The molecule has 1 heterocycles.